The Balaban J connectivity index is 1.81. The largest absolute Gasteiger partial charge is 0.398 e. The maximum Gasteiger partial charge on any atom is 0.0694 e. The zero-order valence-corrected chi connectivity index (χ0v) is 12.3. The molecule has 0 aromatic heterocycles. The molecular formula is C14H18ClNO2S. The van der Waals surface area contributed by atoms with Gasteiger partial charge in [-0.15, -0.1) is 0 Å². The molecule has 0 bridgehead atoms. The maximum absolute atomic E-state index is 12.7. The normalized spacial score (nSPS) is 26.9. The Morgan fingerprint density at radius 3 is 2.89 bits per heavy atom. The summed E-state index contributed by atoms with van der Waals surface area (Å²) in [5.74, 6) is 0. The molecule has 1 aliphatic heterocycles. The second-order valence-electron chi connectivity index (χ2n) is 5.48. The summed E-state index contributed by atoms with van der Waals surface area (Å²) in [6.45, 7) is 0.705. The average molecular weight is 300 g/mol. The minimum absolute atomic E-state index is 0.00587. The van der Waals surface area contributed by atoms with Gasteiger partial charge in [0.2, 0.25) is 0 Å². The van der Waals surface area contributed by atoms with Gasteiger partial charge in [-0.1, -0.05) is 11.6 Å². The van der Waals surface area contributed by atoms with Crippen LogP contribution in [0.25, 0.3) is 0 Å². The first-order valence-corrected chi connectivity index (χ1v) is 8.28. The van der Waals surface area contributed by atoms with Crippen LogP contribution in [0.4, 0.5) is 5.69 Å². The molecule has 1 saturated carbocycles. The Labute approximate surface area is 120 Å². The molecule has 5 heteroatoms. The van der Waals surface area contributed by atoms with Crippen molar-refractivity contribution in [3.8, 4) is 0 Å². The van der Waals surface area contributed by atoms with Gasteiger partial charge in [-0.05, 0) is 50.3 Å². The van der Waals surface area contributed by atoms with Crippen molar-refractivity contribution in [2.75, 3.05) is 12.3 Å². The maximum atomic E-state index is 12.7. The highest BCUT2D eigenvalue weighted by atomic mass is 35.5. The van der Waals surface area contributed by atoms with Crippen molar-refractivity contribution in [3.63, 3.8) is 0 Å². The Bertz CT molecular complexity index is 516. The van der Waals surface area contributed by atoms with Crippen LogP contribution < -0.4 is 5.73 Å². The Morgan fingerprint density at radius 1 is 1.42 bits per heavy atom. The van der Waals surface area contributed by atoms with Gasteiger partial charge in [-0.25, -0.2) is 0 Å². The van der Waals surface area contributed by atoms with E-state index in [0.29, 0.717) is 22.2 Å². The summed E-state index contributed by atoms with van der Waals surface area (Å²) < 4.78 is 18.6. The molecule has 2 unspecified atom stereocenters. The lowest BCUT2D eigenvalue weighted by Gasteiger charge is -2.46. The van der Waals surface area contributed by atoms with Crippen molar-refractivity contribution in [1.29, 1.82) is 0 Å². The Hall–Kier alpha value is -0.580. The highest BCUT2D eigenvalue weighted by Crippen LogP contribution is 2.44. The van der Waals surface area contributed by atoms with Crippen LogP contribution in [0, 0.1) is 0 Å². The monoisotopic (exact) mass is 299 g/mol. The van der Waals surface area contributed by atoms with Gasteiger partial charge in [-0.2, -0.15) is 0 Å². The minimum Gasteiger partial charge on any atom is -0.398 e. The molecule has 1 aromatic carbocycles. The van der Waals surface area contributed by atoms with Crippen molar-refractivity contribution in [1.82, 2.24) is 0 Å². The predicted molar refractivity (Wildman–Crippen MR) is 77.8 cm³/mol. The number of halogens is 1. The van der Waals surface area contributed by atoms with Gasteiger partial charge in [0.1, 0.15) is 0 Å². The quantitative estimate of drug-likeness (QED) is 0.854. The number of nitrogen functional groups attached to an aromatic ring is 1. The molecule has 2 N–H and O–H groups in total. The van der Waals surface area contributed by atoms with E-state index >= 15 is 0 Å². The zero-order valence-electron chi connectivity index (χ0n) is 10.7. The van der Waals surface area contributed by atoms with E-state index < -0.39 is 10.8 Å². The molecular weight excluding hydrogens is 282 g/mol. The third-order valence-corrected chi connectivity index (χ3v) is 6.24. The fraction of sp³-hybridized carbons (Fsp3) is 0.571. The molecule has 1 aliphatic carbocycles. The van der Waals surface area contributed by atoms with Crippen molar-refractivity contribution < 1.29 is 8.95 Å². The minimum atomic E-state index is -1.10. The number of anilines is 1. The van der Waals surface area contributed by atoms with Gasteiger partial charge in [0.15, 0.2) is 0 Å². The standard InChI is InChI=1S/C14H18ClNO2S/c15-10-2-3-12(16)13(8-10)19(17)11-4-7-18-14(9-11)5-1-6-14/h2-3,8,11H,1,4-7,9,16H2. The van der Waals surface area contributed by atoms with Crippen LogP contribution in [-0.2, 0) is 15.5 Å². The molecule has 1 aromatic rings. The van der Waals surface area contributed by atoms with Gasteiger partial charge in [-0.3, -0.25) is 4.21 Å². The molecule has 2 atom stereocenters. The Morgan fingerprint density at radius 2 is 2.21 bits per heavy atom. The van der Waals surface area contributed by atoms with E-state index in [-0.39, 0.29) is 10.9 Å². The van der Waals surface area contributed by atoms with Crippen molar-refractivity contribution in [2.45, 2.75) is 47.9 Å². The lowest BCUT2D eigenvalue weighted by atomic mass is 9.75. The predicted octanol–water partition coefficient (Wildman–Crippen LogP) is 3.13. The summed E-state index contributed by atoms with van der Waals surface area (Å²) in [6, 6.07) is 5.19. The third kappa shape index (κ3) is 2.54. The van der Waals surface area contributed by atoms with Gasteiger partial charge >= 0.3 is 0 Å². The van der Waals surface area contributed by atoms with Gasteiger partial charge in [0.25, 0.3) is 0 Å². The van der Waals surface area contributed by atoms with Gasteiger partial charge in [0.05, 0.1) is 21.3 Å². The second-order valence-corrected chi connectivity index (χ2v) is 7.62. The van der Waals surface area contributed by atoms with E-state index in [9.17, 15) is 4.21 Å². The number of rotatable bonds is 2. The van der Waals surface area contributed by atoms with Crippen LogP contribution in [0.1, 0.15) is 32.1 Å². The highest BCUT2D eigenvalue weighted by molar-refractivity contribution is 7.85. The molecule has 2 fully saturated rings. The van der Waals surface area contributed by atoms with Crippen molar-refractivity contribution in [2.24, 2.45) is 0 Å². The van der Waals surface area contributed by atoms with Crippen molar-refractivity contribution >= 4 is 28.1 Å². The molecule has 1 saturated heterocycles. The number of ether oxygens (including phenoxy) is 1. The van der Waals surface area contributed by atoms with Crippen LogP contribution in [0.2, 0.25) is 5.02 Å². The molecule has 1 spiro atoms. The molecule has 0 radical (unpaired) electrons. The van der Waals surface area contributed by atoms with E-state index in [4.69, 9.17) is 22.1 Å². The number of hydrogen-bond acceptors (Lipinski definition) is 3. The molecule has 0 amide bonds. The fourth-order valence-electron chi connectivity index (χ4n) is 2.95. The smallest absolute Gasteiger partial charge is 0.0694 e. The van der Waals surface area contributed by atoms with E-state index in [1.165, 1.54) is 6.42 Å². The van der Waals surface area contributed by atoms with Crippen LogP contribution >= 0.6 is 11.6 Å². The topological polar surface area (TPSA) is 52.3 Å². The summed E-state index contributed by atoms with van der Waals surface area (Å²) in [5.41, 5.74) is 6.50. The van der Waals surface area contributed by atoms with Crippen LogP contribution in [-0.4, -0.2) is 21.7 Å². The summed E-state index contributed by atoms with van der Waals surface area (Å²) in [7, 11) is -1.10. The van der Waals surface area contributed by atoms with Crippen molar-refractivity contribution in [3.05, 3.63) is 23.2 Å². The summed E-state index contributed by atoms with van der Waals surface area (Å²) >= 11 is 5.98. The van der Waals surface area contributed by atoms with Crippen LogP contribution in [0.15, 0.2) is 23.1 Å². The molecule has 1 heterocycles. The molecule has 104 valence electrons. The number of hydrogen-bond donors (Lipinski definition) is 1. The lowest BCUT2D eigenvalue weighted by Crippen LogP contribution is -2.48. The third-order valence-electron chi connectivity index (χ3n) is 4.21. The molecule has 19 heavy (non-hydrogen) atoms. The van der Waals surface area contributed by atoms with E-state index in [1.807, 2.05) is 0 Å². The SMILES string of the molecule is Nc1ccc(Cl)cc1S(=O)C1CCOC2(CCC2)C1. The van der Waals surface area contributed by atoms with Crippen LogP contribution in [0.5, 0.6) is 0 Å². The van der Waals surface area contributed by atoms with Gasteiger partial charge in [0, 0.05) is 22.6 Å². The summed E-state index contributed by atoms with van der Waals surface area (Å²) in [5, 5.41) is 0.720. The molecule has 2 aliphatic rings. The number of nitrogens with two attached hydrogens (primary N) is 1. The second kappa shape index (κ2) is 5.08. The zero-order chi connectivity index (χ0) is 13.5. The summed E-state index contributed by atoms with van der Waals surface area (Å²) in [6.07, 6.45) is 5.14. The first-order chi connectivity index (χ1) is 9.10. The first kappa shape index (κ1) is 13.4. The first-order valence-electron chi connectivity index (χ1n) is 6.69. The molecule has 3 rings (SSSR count). The van der Waals surface area contributed by atoms with E-state index in [0.717, 1.165) is 25.7 Å². The molecule has 3 nitrogen and oxygen atoms in total. The Kier molecular flexibility index (Phi) is 3.58. The van der Waals surface area contributed by atoms with Crippen LogP contribution in [0.3, 0.4) is 0 Å². The van der Waals surface area contributed by atoms with Gasteiger partial charge < -0.3 is 10.5 Å². The highest BCUT2D eigenvalue weighted by Gasteiger charge is 2.44. The van der Waals surface area contributed by atoms with E-state index in [2.05, 4.69) is 0 Å². The fourth-order valence-corrected chi connectivity index (χ4v) is 4.85. The van der Waals surface area contributed by atoms with E-state index in [1.54, 1.807) is 18.2 Å². The summed E-state index contributed by atoms with van der Waals surface area (Å²) in [4.78, 5) is 0.675. The lowest BCUT2D eigenvalue weighted by molar-refractivity contribution is -0.125. The average Bonchev–Trinajstić information content (AvgIpc) is 2.39. The number of benzene rings is 1.